The lowest BCUT2D eigenvalue weighted by Gasteiger charge is -2.36. The van der Waals surface area contributed by atoms with Crippen LogP contribution in [0, 0.1) is 0 Å². The van der Waals surface area contributed by atoms with E-state index in [4.69, 9.17) is 4.74 Å². The van der Waals surface area contributed by atoms with Crippen LogP contribution in [0.4, 0.5) is 26.3 Å². The SMILES string of the molecule is O=C([O-])CC(OC(=O)CCSCCC(=O)OC1CCOC1=O)(C(F)(F)F)C(F)(F)F. The van der Waals surface area contributed by atoms with Crippen molar-refractivity contribution in [1.29, 1.82) is 0 Å². The first-order chi connectivity index (χ1) is 13.7. The number of alkyl halides is 6. The minimum absolute atomic E-state index is 0.0173. The molecule has 1 aliphatic heterocycles. The van der Waals surface area contributed by atoms with Crippen molar-refractivity contribution in [2.45, 2.75) is 49.7 Å². The number of cyclic esters (lactones) is 1. The molecular weight excluding hydrogens is 454 g/mol. The number of esters is 3. The molecule has 0 amide bonds. The van der Waals surface area contributed by atoms with Crippen LogP contribution in [0.25, 0.3) is 0 Å². The minimum Gasteiger partial charge on any atom is -0.550 e. The highest BCUT2D eigenvalue weighted by Gasteiger charge is 2.74. The second-order valence-corrected chi connectivity index (χ2v) is 7.12. The van der Waals surface area contributed by atoms with Crippen LogP contribution in [0.3, 0.4) is 0 Å². The molecule has 0 aliphatic carbocycles. The summed E-state index contributed by atoms with van der Waals surface area (Å²) in [6.07, 6.45) is -17.2. The van der Waals surface area contributed by atoms with E-state index in [9.17, 15) is 50.6 Å². The molecule has 0 spiro atoms. The van der Waals surface area contributed by atoms with E-state index in [0.29, 0.717) is 0 Å². The molecule has 15 heteroatoms. The summed E-state index contributed by atoms with van der Waals surface area (Å²) in [5, 5.41) is 10.4. The van der Waals surface area contributed by atoms with E-state index in [2.05, 4.69) is 9.47 Å². The number of ether oxygens (including phenoxy) is 3. The number of hydrogen-bond donors (Lipinski definition) is 0. The van der Waals surface area contributed by atoms with Crippen molar-refractivity contribution in [3.8, 4) is 0 Å². The van der Waals surface area contributed by atoms with Crippen LogP contribution >= 0.6 is 11.8 Å². The van der Waals surface area contributed by atoms with Gasteiger partial charge in [0.25, 0.3) is 0 Å². The van der Waals surface area contributed by atoms with Gasteiger partial charge in [-0.15, -0.1) is 0 Å². The minimum atomic E-state index is -6.25. The lowest BCUT2D eigenvalue weighted by atomic mass is 9.97. The third kappa shape index (κ3) is 6.95. The highest BCUT2D eigenvalue weighted by molar-refractivity contribution is 7.99. The van der Waals surface area contributed by atoms with Crippen LogP contribution in [0.1, 0.15) is 25.7 Å². The Bertz CT molecular complexity index is 648. The topological polar surface area (TPSA) is 119 Å². The van der Waals surface area contributed by atoms with Gasteiger partial charge in [0.2, 0.25) is 6.10 Å². The Morgan fingerprint density at radius 3 is 2.00 bits per heavy atom. The number of hydrogen-bond acceptors (Lipinski definition) is 9. The van der Waals surface area contributed by atoms with Gasteiger partial charge in [-0.05, 0) is 0 Å². The molecule has 30 heavy (non-hydrogen) atoms. The maximum Gasteiger partial charge on any atom is 0.437 e. The Balaban J connectivity index is 2.51. The van der Waals surface area contributed by atoms with Gasteiger partial charge >= 0.3 is 35.9 Å². The highest BCUT2D eigenvalue weighted by Crippen LogP contribution is 2.48. The van der Waals surface area contributed by atoms with E-state index in [1.807, 2.05) is 0 Å². The molecule has 172 valence electrons. The quantitative estimate of drug-likeness (QED) is 0.199. The molecule has 1 saturated heterocycles. The van der Waals surface area contributed by atoms with E-state index in [1.54, 1.807) is 0 Å². The zero-order chi connectivity index (χ0) is 23.2. The molecule has 0 saturated carbocycles. The Hall–Kier alpha value is -2.19. The predicted octanol–water partition coefficient (Wildman–Crippen LogP) is 0.905. The molecule has 1 heterocycles. The summed E-state index contributed by atoms with van der Waals surface area (Å²) >= 11 is 0.814. The number of aliphatic carboxylic acids is 1. The van der Waals surface area contributed by atoms with Crippen molar-refractivity contribution in [3.05, 3.63) is 0 Å². The van der Waals surface area contributed by atoms with Crippen LogP contribution in [-0.4, -0.2) is 66.0 Å². The Morgan fingerprint density at radius 1 is 1.03 bits per heavy atom. The van der Waals surface area contributed by atoms with Crippen LogP contribution in [0.2, 0.25) is 0 Å². The lowest BCUT2D eigenvalue weighted by molar-refractivity contribution is -0.380. The monoisotopic (exact) mass is 469 g/mol. The van der Waals surface area contributed by atoms with Gasteiger partial charge in [0.05, 0.1) is 19.4 Å². The average molecular weight is 469 g/mol. The van der Waals surface area contributed by atoms with E-state index >= 15 is 0 Å². The smallest absolute Gasteiger partial charge is 0.437 e. The van der Waals surface area contributed by atoms with Gasteiger partial charge in [-0.2, -0.15) is 38.1 Å². The highest BCUT2D eigenvalue weighted by atomic mass is 32.2. The maximum atomic E-state index is 12.9. The Kier molecular flexibility index (Phi) is 8.80. The van der Waals surface area contributed by atoms with Crippen LogP contribution in [0.15, 0.2) is 0 Å². The van der Waals surface area contributed by atoms with Crippen LogP contribution < -0.4 is 5.11 Å². The molecule has 1 aliphatic rings. The summed E-state index contributed by atoms with van der Waals surface area (Å²) in [6.45, 7) is 0.100. The first-order valence-corrected chi connectivity index (χ1v) is 9.34. The number of carboxylic acid groups (broad SMARTS) is 1. The van der Waals surface area contributed by atoms with Crippen molar-refractivity contribution in [1.82, 2.24) is 0 Å². The van der Waals surface area contributed by atoms with Gasteiger partial charge in [-0.1, -0.05) is 0 Å². The van der Waals surface area contributed by atoms with Gasteiger partial charge in [0.15, 0.2) is 0 Å². The van der Waals surface area contributed by atoms with Gasteiger partial charge in [-0.3, -0.25) is 9.59 Å². The van der Waals surface area contributed by atoms with E-state index in [0.717, 1.165) is 11.8 Å². The van der Waals surface area contributed by atoms with Crippen molar-refractivity contribution >= 4 is 35.6 Å². The van der Waals surface area contributed by atoms with Crippen molar-refractivity contribution in [2.24, 2.45) is 0 Å². The molecule has 0 N–H and O–H groups in total. The second-order valence-electron chi connectivity index (χ2n) is 5.89. The third-order valence-electron chi connectivity index (χ3n) is 3.66. The summed E-state index contributed by atoms with van der Waals surface area (Å²) in [5.74, 6) is -6.47. The van der Waals surface area contributed by atoms with Gasteiger partial charge in [-0.25, -0.2) is 4.79 Å². The largest absolute Gasteiger partial charge is 0.550 e. The fourth-order valence-corrected chi connectivity index (χ4v) is 3.00. The molecule has 0 radical (unpaired) electrons. The maximum absolute atomic E-state index is 12.9. The van der Waals surface area contributed by atoms with Crippen LogP contribution in [-0.2, 0) is 33.4 Å². The summed E-state index contributed by atoms with van der Waals surface area (Å²) in [7, 11) is 0. The summed E-state index contributed by atoms with van der Waals surface area (Å²) in [5.41, 5.74) is -5.24. The van der Waals surface area contributed by atoms with E-state index in [1.165, 1.54) is 0 Å². The molecule has 8 nitrogen and oxygen atoms in total. The molecule has 0 bridgehead atoms. The molecule has 0 aromatic carbocycles. The molecule has 0 aromatic heterocycles. The Morgan fingerprint density at radius 2 is 1.57 bits per heavy atom. The summed E-state index contributed by atoms with van der Waals surface area (Å²) in [6, 6.07) is 0. The number of carbonyl (C=O) groups is 4. The lowest BCUT2D eigenvalue weighted by Crippen LogP contribution is -2.61. The van der Waals surface area contributed by atoms with Gasteiger partial charge in [0, 0.05) is 30.3 Å². The number of thioether (sulfide) groups is 1. The second kappa shape index (κ2) is 10.2. The van der Waals surface area contributed by atoms with Crippen molar-refractivity contribution in [3.63, 3.8) is 0 Å². The number of halogens is 6. The van der Waals surface area contributed by atoms with E-state index < -0.39 is 60.8 Å². The first kappa shape index (κ1) is 25.8. The standard InChI is InChI=1S/C15H16F6O8S/c16-14(17,18)13(7-9(22)23,15(19,20)21)29-11(25)3-6-30-5-2-10(24)28-8-1-4-27-12(8)26/h8H,1-7H2,(H,22,23)/p-1. The van der Waals surface area contributed by atoms with Gasteiger partial charge in [0.1, 0.15) is 0 Å². The van der Waals surface area contributed by atoms with Crippen LogP contribution in [0.5, 0.6) is 0 Å². The molecule has 1 atom stereocenters. The summed E-state index contributed by atoms with van der Waals surface area (Å²) < 4.78 is 90.6. The summed E-state index contributed by atoms with van der Waals surface area (Å²) in [4.78, 5) is 44.6. The third-order valence-corrected chi connectivity index (χ3v) is 4.64. The van der Waals surface area contributed by atoms with Crippen molar-refractivity contribution < 1.29 is 64.8 Å². The molecular formula is C15H15F6O8S-. The molecule has 1 fully saturated rings. The number of carboxylic acids is 1. The van der Waals surface area contributed by atoms with Crippen molar-refractivity contribution in [2.75, 3.05) is 18.1 Å². The average Bonchev–Trinajstić information content (AvgIpc) is 2.96. The van der Waals surface area contributed by atoms with Gasteiger partial charge < -0.3 is 24.1 Å². The fraction of sp³-hybridized carbons (Fsp3) is 0.733. The molecule has 0 aromatic rings. The Labute approximate surface area is 169 Å². The zero-order valence-corrected chi connectivity index (χ0v) is 15.8. The van der Waals surface area contributed by atoms with E-state index in [-0.39, 0.29) is 31.0 Å². The first-order valence-electron chi connectivity index (χ1n) is 8.18. The predicted molar refractivity (Wildman–Crippen MR) is 82.6 cm³/mol. The molecule has 1 unspecified atom stereocenters. The zero-order valence-electron chi connectivity index (χ0n) is 15.0. The normalized spacial score (nSPS) is 17.4. The number of carbonyl (C=O) groups excluding carboxylic acids is 4. The number of rotatable bonds is 10. The fourth-order valence-electron chi connectivity index (χ4n) is 2.18. The molecule has 1 rings (SSSR count).